The van der Waals surface area contributed by atoms with E-state index in [4.69, 9.17) is 0 Å². The monoisotopic (exact) mass is 460 g/mol. The fourth-order valence-electron chi connectivity index (χ4n) is 5.18. The van der Waals surface area contributed by atoms with E-state index >= 15 is 0 Å². The van der Waals surface area contributed by atoms with Gasteiger partial charge in [-0.05, 0) is 49.6 Å². The number of aryl methyl sites for hydroxylation is 2. The number of rotatable bonds is 4. The average molecular weight is 461 g/mol. The molecule has 5 rings (SSSR count). The van der Waals surface area contributed by atoms with Crippen molar-refractivity contribution in [3.05, 3.63) is 64.2 Å². The Morgan fingerprint density at radius 1 is 0.882 bits per heavy atom. The highest BCUT2D eigenvalue weighted by Gasteiger charge is 2.44. The molecule has 2 aromatic rings. The number of carbonyl (C=O) groups excluding carboxylic acids is 4. The summed E-state index contributed by atoms with van der Waals surface area (Å²) in [6, 6.07) is 11.0. The number of nitrogens with zero attached hydrogens (tertiary/aromatic N) is 3. The van der Waals surface area contributed by atoms with Crippen LogP contribution in [-0.2, 0) is 16.1 Å². The standard InChI is InChI=1S/C26H28N4O4/c1-16-3-6-21(17(2)13-16)29-11-9-28(10-12-29)15-18-4-5-19-20(14-18)26(34)30(25(19)33)22-7-8-23(31)27-24(22)32/h3-6,13-14,22H,7-12,15H2,1-2H3,(H,27,31,32). The molecule has 0 radical (unpaired) electrons. The lowest BCUT2D eigenvalue weighted by molar-refractivity contribution is -0.136. The van der Waals surface area contributed by atoms with Gasteiger partial charge in [0.15, 0.2) is 0 Å². The van der Waals surface area contributed by atoms with E-state index in [0.717, 1.165) is 36.6 Å². The number of nitrogens with one attached hydrogen (secondary N) is 1. The first-order valence-electron chi connectivity index (χ1n) is 11.7. The Kier molecular flexibility index (Phi) is 5.69. The predicted octanol–water partition coefficient (Wildman–Crippen LogP) is 2.03. The summed E-state index contributed by atoms with van der Waals surface area (Å²) in [6.07, 6.45) is 0.275. The lowest BCUT2D eigenvalue weighted by Crippen LogP contribution is -2.54. The van der Waals surface area contributed by atoms with E-state index in [2.05, 4.69) is 47.2 Å². The van der Waals surface area contributed by atoms with E-state index in [0.29, 0.717) is 17.7 Å². The van der Waals surface area contributed by atoms with Crippen LogP contribution in [-0.4, -0.2) is 65.6 Å². The number of imide groups is 2. The lowest BCUT2D eigenvalue weighted by Gasteiger charge is -2.37. The summed E-state index contributed by atoms with van der Waals surface area (Å²) in [7, 11) is 0. The molecule has 3 heterocycles. The molecule has 3 aliphatic heterocycles. The quantitative estimate of drug-likeness (QED) is 0.703. The van der Waals surface area contributed by atoms with Gasteiger partial charge in [0.2, 0.25) is 11.8 Å². The number of piperazine rings is 1. The van der Waals surface area contributed by atoms with Gasteiger partial charge in [0.25, 0.3) is 11.8 Å². The Bertz CT molecular complexity index is 1200. The number of anilines is 1. The zero-order valence-electron chi connectivity index (χ0n) is 19.5. The van der Waals surface area contributed by atoms with Crippen molar-refractivity contribution in [1.29, 1.82) is 0 Å². The molecule has 0 aliphatic carbocycles. The van der Waals surface area contributed by atoms with Crippen LogP contribution in [0.1, 0.15) is 50.2 Å². The number of hydrogen-bond acceptors (Lipinski definition) is 6. The van der Waals surface area contributed by atoms with Crippen LogP contribution >= 0.6 is 0 Å². The van der Waals surface area contributed by atoms with Crippen LogP contribution in [0.5, 0.6) is 0 Å². The number of carbonyl (C=O) groups is 4. The molecule has 3 aliphatic rings. The van der Waals surface area contributed by atoms with Crippen molar-refractivity contribution in [3.63, 3.8) is 0 Å². The van der Waals surface area contributed by atoms with Gasteiger partial charge >= 0.3 is 0 Å². The molecular weight excluding hydrogens is 432 g/mol. The second-order valence-electron chi connectivity index (χ2n) is 9.38. The summed E-state index contributed by atoms with van der Waals surface area (Å²) in [4.78, 5) is 55.4. The molecule has 0 saturated carbocycles. The molecule has 0 spiro atoms. The predicted molar refractivity (Wildman–Crippen MR) is 127 cm³/mol. The Hall–Kier alpha value is -3.52. The highest BCUT2D eigenvalue weighted by molar-refractivity contribution is 6.23. The van der Waals surface area contributed by atoms with Gasteiger partial charge in [-0.25, -0.2) is 0 Å². The fraction of sp³-hybridized carbons (Fsp3) is 0.385. The van der Waals surface area contributed by atoms with E-state index in [1.807, 2.05) is 6.07 Å². The molecule has 0 aromatic heterocycles. The van der Waals surface area contributed by atoms with Gasteiger partial charge < -0.3 is 4.90 Å². The third-order valence-electron chi connectivity index (χ3n) is 6.98. The molecule has 4 amide bonds. The minimum Gasteiger partial charge on any atom is -0.369 e. The van der Waals surface area contributed by atoms with Gasteiger partial charge in [-0.15, -0.1) is 0 Å². The molecule has 2 saturated heterocycles. The molecule has 34 heavy (non-hydrogen) atoms. The summed E-state index contributed by atoms with van der Waals surface area (Å²) in [5.74, 6) is -1.90. The molecule has 1 atom stereocenters. The summed E-state index contributed by atoms with van der Waals surface area (Å²) in [5, 5.41) is 2.23. The number of benzene rings is 2. The average Bonchev–Trinajstić information content (AvgIpc) is 3.04. The second kappa shape index (κ2) is 8.68. The fourth-order valence-corrected chi connectivity index (χ4v) is 5.18. The van der Waals surface area contributed by atoms with Gasteiger partial charge in [0, 0.05) is 44.8 Å². The maximum Gasteiger partial charge on any atom is 0.262 e. The zero-order valence-corrected chi connectivity index (χ0v) is 19.5. The van der Waals surface area contributed by atoms with Crippen molar-refractivity contribution in [3.8, 4) is 0 Å². The number of fused-ring (bicyclic) bond motifs is 1. The van der Waals surface area contributed by atoms with Crippen LogP contribution in [0.4, 0.5) is 5.69 Å². The smallest absolute Gasteiger partial charge is 0.262 e. The van der Waals surface area contributed by atoms with Gasteiger partial charge in [0.05, 0.1) is 11.1 Å². The van der Waals surface area contributed by atoms with Crippen molar-refractivity contribution in [1.82, 2.24) is 15.1 Å². The van der Waals surface area contributed by atoms with Crippen LogP contribution in [0, 0.1) is 13.8 Å². The Labute approximate surface area is 198 Å². The number of piperidine rings is 1. The SMILES string of the molecule is Cc1ccc(N2CCN(Cc3ccc4c(c3)C(=O)N(C3CCC(=O)NC3=O)C4=O)CC2)c(C)c1. The Morgan fingerprint density at radius 2 is 1.62 bits per heavy atom. The molecule has 1 unspecified atom stereocenters. The van der Waals surface area contributed by atoms with Gasteiger partial charge in [-0.3, -0.25) is 34.3 Å². The number of hydrogen-bond donors (Lipinski definition) is 1. The third kappa shape index (κ3) is 3.98. The van der Waals surface area contributed by atoms with Crippen LogP contribution < -0.4 is 10.2 Å². The molecule has 176 valence electrons. The minimum absolute atomic E-state index is 0.114. The van der Waals surface area contributed by atoms with E-state index in [-0.39, 0.29) is 18.7 Å². The van der Waals surface area contributed by atoms with Gasteiger partial charge in [-0.2, -0.15) is 0 Å². The highest BCUT2D eigenvalue weighted by Crippen LogP contribution is 2.29. The van der Waals surface area contributed by atoms with Gasteiger partial charge in [-0.1, -0.05) is 23.8 Å². The highest BCUT2D eigenvalue weighted by atomic mass is 16.2. The summed E-state index contributed by atoms with van der Waals surface area (Å²) < 4.78 is 0. The molecule has 2 aromatic carbocycles. The van der Waals surface area contributed by atoms with Crippen molar-refractivity contribution in [2.24, 2.45) is 0 Å². The Balaban J connectivity index is 1.25. The van der Waals surface area contributed by atoms with E-state index in [9.17, 15) is 19.2 Å². The van der Waals surface area contributed by atoms with Crippen molar-refractivity contribution in [2.45, 2.75) is 39.3 Å². The van der Waals surface area contributed by atoms with E-state index < -0.39 is 23.8 Å². The number of amides is 4. The minimum atomic E-state index is -0.938. The van der Waals surface area contributed by atoms with E-state index in [1.165, 1.54) is 16.8 Å². The first-order chi connectivity index (χ1) is 16.3. The normalized spacial score (nSPS) is 21.2. The third-order valence-corrected chi connectivity index (χ3v) is 6.98. The second-order valence-corrected chi connectivity index (χ2v) is 9.38. The molecular formula is C26H28N4O4. The molecule has 0 bridgehead atoms. The topological polar surface area (TPSA) is 90.0 Å². The molecule has 8 nitrogen and oxygen atoms in total. The first kappa shape index (κ1) is 22.3. The maximum atomic E-state index is 13.1. The van der Waals surface area contributed by atoms with Crippen LogP contribution in [0.2, 0.25) is 0 Å². The Morgan fingerprint density at radius 3 is 2.32 bits per heavy atom. The summed E-state index contributed by atoms with van der Waals surface area (Å²) in [6.45, 7) is 8.60. The lowest BCUT2D eigenvalue weighted by atomic mass is 10.0. The van der Waals surface area contributed by atoms with E-state index in [1.54, 1.807) is 12.1 Å². The largest absolute Gasteiger partial charge is 0.369 e. The van der Waals surface area contributed by atoms with Crippen molar-refractivity contribution >= 4 is 29.3 Å². The molecule has 1 N–H and O–H groups in total. The summed E-state index contributed by atoms with van der Waals surface area (Å²) in [5.41, 5.74) is 5.45. The zero-order chi connectivity index (χ0) is 24.0. The molecule has 2 fully saturated rings. The summed E-state index contributed by atoms with van der Waals surface area (Å²) >= 11 is 0. The van der Waals surface area contributed by atoms with Gasteiger partial charge in [0.1, 0.15) is 6.04 Å². The van der Waals surface area contributed by atoms with Crippen LogP contribution in [0.15, 0.2) is 36.4 Å². The van der Waals surface area contributed by atoms with Crippen molar-refractivity contribution in [2.75, 3.05) is 31.1 Å². The molecule has 8 heteroatoms. The van der Waals surface area contributed by atoms with Crippen LogP contribution in [0.3, 0.4) is 0 Å². The first-order valence-corrected chi connectivity index (χ1v) is 11.7. The van der Waals surface area contributed by atoms with Crippen molar-refractivity contribution < 1.29 is 19.2 Å². The maximum absolute atomic E-state index is 13.1. The van der Waals surface area contributed by atoms with Crippen LogP contribution in [0.25, 0.3) is 0 Å².